The van der Waals surface area contributed by atoms with E-state index in [-0.39, 0.29) is 18.3 Å². The van der Waals surface area contributed by atoms with E-state index in [9.17, 15) is 4.79 Å². The van der Waals surface area contributed by atoms with Crippen molar-refractivity contribution >= 4 is 34.2 Å². The lowest BCUT2D eigenvalue weighted by atomic mass is 10.1. The third-order valence-corrected chi connectivity index (χ3v) is 4.69. The number of halogens is 2. The van der Waals surface area contributed by atoms with Crippen molar-refractivity contribution in [3.05, 3.63) is 63.6 Å². The fourth-order valence-corrected chi connectivity index (χ4v) is 3.12. The molecule has 0 spiro atoms. The van der Waals surface area contributed by atoms with Crippen LogP contribution in [0.4, 0.5) is 0 Å². The number of nitrogens with one attached hydrogen (secondary N) is 2. The average molecular weight is 426 g/mol. The van der Waals surface area contributed by atoms with Crippen molar-refractivity contribution in [2.24, 2.45) is 0 Å². The van der Waals surface area contributed by atoms with E-state index in [2.05, 4.69) is 44.8 Å². The maximum Gasteiger partial charge on any atom is 0.220 e. The summed E-state index contributed by atoms with van der Waals surface area (Å²) in [6.07, 6.45) is 1.16. The number of ether oxygens (including phenoxy) is 1. The standard InChI is InChI=1S/C19H21BrN2O2.ClH/c20-17-4-1-2-5-18(17)24-9-3-6-19(23)22-11-14-7-8-15-12-21-13-16(15)10-14;/h1-2,4-5,7-8,10,21H,3,6,9,11-13H2,(H,22,23);1H. The Hall–Kier alpha value is -1.56. The number of hydrogen-bond acceptors (Lipinski definition) is 3. The molecule has 0 fully saturated rings. The molecule has 2 N–H and O–H groups in total. The molecule has 0 aromatic heterocycles. The Morgan fingerprint density at radius 1 is 1.16 bits per heavy atom. The lowest BCUT2D eigenvalue weighted by Crippen LogP contribution is -2.23. The second kappa shape index (κ2) is 9.80. The maximum absolute atomic E-state index is 11.9. The normalized spacial score (nSPS) is 12.2. The molecule has 0 saturated carbocycles. The molecular formula is C19H22BrClN2O2. The molecule has 3 rings (SSSR count). The summed E-state index contributed by atoms with van der Waals surface area (Å²) in [4.78, 5) is 11.9. The number of carbonyl (C=O) groups excluding carboxylic acids is 1. The molecule has 0 aliphatic carbocycles. The number of para-hydroxylation sites is 1. The minimum atomic E-state index is 0. The van der Waals surface area contributed by atoms with E-state index in [0.29, 0.717) is 26.0 Å². The minimum Gasteiger partial charge on any atom is -0.492 e. The second-order valence-electron chi connectivity index (χ2n) is 5.87. The monoisotopic (exact) mass is 424 g/mol. The Balaban J connectivity index is 0.00000225. The highest BCUT2D eigenvalue weighted by atomic mass is 79.9. The molecule has 2 aromatic rings. The van der Waals surface area contributed by atoms with Crippen LogP contribution in [0.5, 0.6) is 5.75 Å². The predicted octanol–water partition coefficient (Wildman–Crippen LogP) is 3.95. The molecule has 134 valence electrons. The van der Waals surface area contributed by atoms with Gasteiger partial charge in [-0.1, -0.05) is 30.3 Å². The van der Waals surface area contributed by atoms with Crippen molar-refractivity contribution in [3.8, 4) is 5.75 Å². The highest BCUT2D eigenvalue weighted by molar-refractivity contribution is 9.10. The van der Waals surface area contributed by atoms with E-state index in [4.69, 9.17) is 4.74 Å². The fourth-order valence-electron chi connectivity index (χ4n) is 2.72. The van der Waals surface area contributed by atoms with Gasteiger partial charge in [-0.2, -0.15) is 0 Å². The molecule has 4 nitrogen and oxygen atoms in total. The van der Waals surface area contributed by atoms with Gasteiger partial charge in [0.2, 0.25) is 5.91 Å². The average Bonchev–Trinajstić information content (AvgIpc) is 3.06. The second-order valence-corrected chi connectivity index (χ2v) is 6.72. The van der Waals surface area contributed by atoms with Crippen molar-refractivity contribution in [2.75, 3.05) is 6.61 Å². The van der Waals surface area contributed by atoms with Crippen molar-refractivity contribution in [3.63, 3.8) is 0 Å². The van der Waals surface area contributed by atoms with Gasteiger partial charge < -0.3 is 15.4 Å². The van der Waals surface area contributed by atoms with Crippen LogP contribution in [-0.2, 0) is 24.4 Å². The smallest absolute Gasteiger partial charge is 0.220 e. The molecule has 1 aliphatic heterocycles. The zero-order valence-electron chi connectivity index (χ0n) is 13.9. The summed E-state index contributed by atoms with van der Waals surface area (Å²) in [5.74, 6) is 0.869. The van der Waals surface area contributed by atoms with Gasteiger partial charge in [-0.05, 0) is 51.2 Å². The van der Waals surface area contributed by atoms with Crippen molar-refractivity contribution in [1.82, 2.24) is 10.6 Å². The summed E-state index contributed by atoms with van der Waals surface area (Å²) in [5, 5.41) is 6.30. The number of amides is 1. The first-order valence-electron chi connectivity index (χ1n) is 8.18. The summed E-state index contributed by atoms with van der Waals surface area (Å²) < 4.78 is 6.60. The molecule has 1 heterocycles. The molecule has 1 amide bonds. The molecular weight excluding hydrogens is 404 g/mol. The first-order chi connectivity index (χ1) is 11.7. The Labute approximate surface area is 162 Å². The van der Waals surface area contributed by atoms with Crippen LogP contribution in [-0.4, -0.2) is 12.5 Å². The van der Waals surface area contributed by atoms with Crippen LogP contribution in [0.1, 0.15) is 29.5 Å². The zero-order valence-corrected chi connectivity index (χ0v) is 16.3. The maximum atomic E-state index is 11.9. The van der Waals surface area contributed by atoms with Crippen molar-refractivity contribution in [1.29, 1.82) is 0 Å². The highest BCUT2D eigenvalue weighted by Crippen LogP contribution is 2.23. The first-order valence-corrected chi connectivity index (χ1v) is 8.97. The molecule has 0 saturated heterocycles. The molecule has 0 bridgehead atoms. The molecule has 0 atom stereocenters. The van der Waals surface area contributed by atoms with E-state index in [1.807, 2.05) is 24.3 Å². The summed E-state index contributed by atoms with van der Waals surface area (Å²) in [6, 6.07) is 14.1. The van der Waals surface area contributed by atoms with E-state index in [0.717, 1.165) is 28.9 Å². The van der Waals surface area contributed by atoms with E-state index in [1.165, 1.54) is 11.1 Å². The predicted molar refractivity (Wildman–Crippen MR) is 105 cm³/mol. The number of carbonyl (C=O) groups is 1. The Morgan fingerprint density at radius 2 is 1.96 bits per heavy atom. The molecule has 6 heteroatoms. The molecule has 25 heavy (non-hydrogen) atoms. The van der Waals surface area contributed by atoms with Gasteiger partial charge in [0.25, 0.3) is 0 Å². The third kappa shape index (κ3) is 5.73. The molecule has 0 unspecified atom stereocenters. The fraction of sp³-hybridized carbons (Fsp3) is 0.316. The summed E-state index contributed by atoms with van der Waals surface area (Å²) in [7, 11) is 0. The van der Waals surface area contributed by atoms with Crippen LogP contribution in [0.2, 0.25) is 0 Å². The number of fused-ring (bicyclic) bond motifs is 1. The minimum absolute atomic E-state index is 0. The number of benzene rings is 2. The molecule has 0 radical (unpaired) electrons. The van der Waals surface area contributed by atoms with Gasteiger partial charge in [-0.25, -0.2) is 0 Å². The summed E-state index contributed by atoms with van der Waals surface area (Å²) >= 11 is 3.44. The van der Waals surface area contributed by atoms with Crippen LogP contribution < -0.4 is 15.4 Å². The van der Waals surface area contributed by atoms with Gasteiger partial charge >= 0.3 is 0 Å². The summed E-state index contributed by atoms with van der Waals surface area (Å²) in [5.41, 5.74) is 3.84. The molecule has 1 aliphatic rings. The van der Waals surface area contributed by atoms with E-state index in [1.54, 1.807) is 0 Å². The van der Waals surface area contributed by atoms with Crippen molar-refractivity contribution < 1.29 is 9.53 Å². The third-order valence-electron chi connectivity index (χ3n) is 4.03. The first kappa shape index (κ1) is 19.8. The Morgan fingerprint density at radius 3 is 2.80 bits per heavy atom. The molecule has 2 aromatic carbocycles. The number of rotatable bonds is 7. The Bertz CT molecular complexity index is 724. The Kier molecular flexibility index (Phi) is 7.75. The van der Waals surface area contributed by atoms with E-state index >= 15 is 0 Å². The summed E-state index contributed by atoms with van der Waals surface area (Å²) in [6.45, 7) is 2.97. The van der Waals surface area contributed by atoms with Crippen molar-refractivity contribution in [2.45, 2.75) is 32.5 Å². The van der Waals surface area contributed by atoms with Gasteiger partial charge in [-0.15, -0.1) is 12.4 Å². The lowest BCUT2D eigenvalue weighted by Gasteiger charge is -2.09. The van der Waals surface area contributed by atoms with Gasteiger partial charge in [-0.3, -0.25) is 4.79 Å². The number of hydrogen-bond donors (Lipinski definition) is 2. The lowest BCUT2D eigenvalue weighted by molar-refractivity contribution is -0.121. The zero-order chi connectivity index (χ0) is 16.8. The van der Waals surface area contributed by atoms with Gasteiger partial charge in [0.05, 0.1) is 11.1 Å². The van der Waals surface area contributed by atoms with Crippen LogP contribution in [0, 0.1) is 0 Å². The topological polar surface area (TPSA) is 50.4 Å². The SMILES string of the molecule is Cl.O=C(CCCOc1ccccc1Br)NCc1ccc2c(c1)CNC2. The van der Waals surface area contributed by atoms with Gasteiger partial charge in [0.1, 0.15) is 5.75 Å². The van der Waals surface area contributed by atoms with Crippen LogP contribution in [0.25, 0.3) is 0 Å². The van der Waals surface area contributed by atoms with Crippen LogP contribution in [0.3, 0.4) is 0 Å². The largest absolute Gasteiger partial charge is 0.492 e. The van der Waals surface area contributed by atoms with E-state index < -0.39 is 0 Å². The van der Waals surface area contributed by atoms with Gasteiger partial charge in [0, 0.05) is 26.1 Å². The van der Waals surface area contributed by atoms with Crippen LogP contribution >= 0.6 is 28.3 Å². The quantitative estimate of drug-likeness (QED) is 0.660. The van der Waals surface area contributed by atoms with Crippen LogP contribution in [0.15, 0.2) is 46.9 Å². The van der Waals surface area contributed by atoms with Gasteiger partial charge in [0.15, 0.2) is 0 Å². The highest BCUT2D eigenvalue weighted by Gasteiger charge is 2.10.